The summed E-state index contributed by atoms with van der Waals surface area (Å²) in [6, 6.07) is 0. The quantitative estimate of drug-likeness (QED) is 0.270. The van der Waals surface area contributed by atoms with Crippen LogP contribution in [0.2, 0.25) is 0 Å². The summed E-state index contributed by atoms with van der Waals surface area (Å²) in [7, 11) is 0. The van der Waals surface area contributed by atoms with Crippen LogP contribution in [0.15, 0.2) is 12.2 Å². The maximum absolute atomic E-state index is 10.7. The SMILES string of the molecule is CCCCCC(O)C(O)/C=C/C(O)CCCCCCC(C)C(=O)O. The molecule has 5 nitrogen and oxygen atoms in total. The Labute approximate surface area is 146 Å². The Hall–Kier alpha value is -0.910. The van der Waals surface area contributed by atoms with E-state index in [-0.39, 0.29) is 5.92 Å². The second kappa shape index (κ2) is 14.4. The average molecular weight is 344 g/mol. The third-order valence-corrected chi connectivity index (χ3v) is 4.34. The van der Waals surface area contributed by atoms with Gasteiger partial charge in [0.15, 0.2) is 0 Å². The number of aliphatic hydroxyl groups is 3. The predicted molar refractivity (Wildman–Crippen MR) is 95.8 cm³/mol. The van der Waals surface area contributed by atoms with Gasteiger partial charge < -0.3 is 20.4 Å². The van der Waals surface area contributed by atoms with E-state index in [0.29, 0.717) is 19.3 Å². The molecule has 0 radical (unpaired) electrons. The molecule has 0 saturated carbocycles. The predicted octanol–water partition coefficient (Wildman–Crippen LogP) is 3.27. The molecule has 0 aromatic carbocycles. The van der Waals surface area contributed by atoms with Crippen LogP contribution in [0.5, 0.6) is 0 Å². The van der Waals surface area contributed by atoms with Crippen molar-refractivity contribution in [2.75, 3.05) is 0 Å². The monoisotopic (exact) mass is 344 g/mol. The normalized spacial score (nSPS) is 16.9. The topological polar surface area (TPSA) is 98.0 Å². The fraction of sp³-hybridized carbons (Fsp3) is 0.842. The molecule has 0 aliphatic rings. The average Bonchev–Trinajstić information content (AvgIpc) is 2.55. The van der Waals surface area contributed by atoms with Gasteiger partial charge in [-0.3, -0.25) is 4.79 Å². The van der Waals surface area contributed by atoms with E-state index in [9.17, 15) is 20.1 Å². The van der Waals surface area contributed by atoms with Crippen molar-refractivity contribution in [2.24, 2.45) is 5.92 Å². The lowest BCUT2D eigenvalue weighted by Gasteiger charge is -2.15. The smallest absolute Gasteiger partial charge is 0.306 e. The van der Waals surface area contributed by atoms with Gasteiger partial charge in [0.1, 0.15) is 0 Å². The van der Waals surface area contributed by atoms with E-state index in [0.717, 1.165) is 44.9 Å². The first kappa shape index (κ1) is 23.1. The second-order valence-corrected chi connectivity index (χ2v) is 6.74. The minimum absolute atomic E-state index is 0.288. The van der Waals surface area contributed by atoms with Crippen LogP contribution < -0.4 is 0 Å². The maximum atomic E-state index is 10.7. The van der Waals surface area contributed by atoms with Gasteiger partial charge >= 0.3 is 5.97 Å². The molecule has 0 saturated heterocycles. The summed E-state index contributed by atoms with van der Waals surface area (Å²) in [4.78, 5) is 10.7. The minimum Gasteiger partial charge on any atom is -0.481 e. The van der Waals surface area contributed by atoms with E-state index >= 15 is 0 Å². The number of aliphatic carboxylic acids is 1. The largest absolute Gasteiger partial charge is 0.481 e. The molecule has 0 aromatic rings. The van der Waals surface area contributed by atoms with Gasteiger partial charge in [0.2, 0.25) is 0 Å². The molecule has 0 spiro atoms. The van der Waals surface area contributed by atoms with Gasteiger partial charge in [-0.2, -0.15) is 0 Å². The molecule has 0 rings (SSSR count). The maximum Gasteiger partial charge on any atom is 0.306 e. The van der Waals surface area contributed by atoms with Gasteiger partial charge in [-0.15, -0.1) is 0 Å². The summed E-state index contributed by atoms with van der Waals surface area (Å²) in [5.74, 6) is -1.03. The first-order valence-electron chi connectivity index (χ1n) is 9.33. The molecule has 0 aromatic heterocycles. The lowest BCUT2D eigenvalue weighted by Crippen LogP contribution is -2.24. The van der Waals surface area contributed by atoms with Gasteiger partial charge in [-0.05, 0) is 19.3 Å². The molecule has 142 valence electrons. The number of carboxylic acids is 1. The van der Waals surface area contributed by atoms with Crippen molar-refractivity contribution in [3.8, 4) is 0 Å². The third kappa shape index (κ3) is 12.5. The Morgan fingerprint density at radius 1 is 0.875 bits per heavy atom. The van der Waals surface area contributed by atoms with Crippen molar-refractivity contribution in [3.63, 3.8) is 0 Å². The van der Waals surface area contributed by atoms with E-state index in [4.69, 9.17) is 5.11 Å². The van der Waals surface area contributed by atoms with Crippen molar-refractivity contribution < 1.29 is 25.2 Å². The first-order chi connectivity index (χ1) is 11.4. The number of hydrogen-bond donors (Lipinski definition) is 4. The molecule has 0 fully saturated rings. The van der Waals surface area contributed by atoms with Gasteiger partial charge in [0, 0.05) is 0 Å². The Morgan fingerprint density at radius 2 is 1.46 bits per heavy atom. The number of carboxylic acid groups (broad SMARTS) is 1. The highest BCUT2D eigenvalue weighted by atomic mass is 16.4. The fourth-order valence-corrected chi connectivity index (χ4v) is 2.52. The van der Waals surface area contributed by atoms with Crippen LogP contribution >= 0.6 is 0 Å². The number of carbonyl (C=O) groups is 1. The zero-order valence-electron chi connectivity index (χ0n) is 15.2. The molecule has 4 N–H and O–H groups in total. The number of rotatable bonds is 15. The zero-order valence-corrected chi connectivity index (χ0v) is 15.2. The Bertz CT molecular complexity index is 343. The highest BCUT2D eigenvalue weighted by Crippen LogP contribution is 2.13. The lowest BCUT2D eigenvalue weighted by atomic mass is 10.0. The molecule has 0 aliphatic heterocycles. The molecule has 4 atom stereocenters. The van der Waals surface area contributed by atoms with Crippen LogP contribution in [0.3, 0.4) is 0 Å². The van der Waals surface area contributed by atoms with Crippen molar-refractivity contribution >= 4 is 5.97 Å². The Balaban J connectivity index is 3.73. The fourth-order valence-electron chi connectivity index (χ4n) is 2.52. The van der Waals surface area contributed by atoms with E-state index in [2.05, 4.69) is 6.92 Å². The van der Waals surface area contributed by atoms with E-state index in [1.807, 2.05) is 0 Å². The molecule has 0 bridgehead atoms. The Kier molecular flexibility index (Phi) is 13.9. The highest BCUT2D eigenvalue weighted by Gasteiger charge is 2.13. The summed E-state index contributed by atoms with van der Waals surface area (Å²) in [6.45, 7) is 3.81. The molecule has 4 unspecified atom stereocenters. The zero-order chi connectivity index (χ0) is 18.4. The van der Waals surface area contributed by atoms with Crippen LogP contribution in [-0.4, -0.2) is 44.7 Å². The van der Waals surface area contributed by atoms with E-state index in [1.54, 1.807) is 13.0 Å². The van der Waals surface area contributed by atoms with Crippen molar-refractivity contribution in [2.45, 2.75) is 96.4 Å². The van der Waals surface area contributed by atoms with Crippen LogP contribution in [-0.2, 0) is 4.79 Å². The van der Waals surface area contributed by atoms with Crippen LogP contribution in [0.1, 0.15) is 78.1 Å². The van der Waals surface area contributed by atoms with E-state index < -0.39 is 24.3 Å². The van der Waals surface area contributed by atoms with Gasteiger partial charge in [0.05, 0.1) is 24.2 Å². The van der Waals surface area contributed by atoms with Gasteiger partial charge in [0.25, 0.3) is 0 Å². The molecular weight excluding hydrogens is 308 g/mol. The van der Waals surface area contributed by atoms with Crippen LogP contribution in [0.4, 0.5) is 0 Å². The molecule has 0 heterocycles. The van der Waals surface area contributed by atoms with Crippen LogP contribution in [0.25, 0.3) is 0 Å². The van der Waals surface area contributed by atoms with Gasteiger partial charge in [-0.25, -0.2) is 0 Å². The summed E-state index contributed by atoms with van der Waals surface area (Å²) < 4.78 is 0. The summed E-state index contributed by atoms with van der Waals surface area (Å²) in [5.41, 5.74) is 0. The summed E-state index contributed by atoms with van der Waals surface area (Å²) in [5, 5.41) is 38.2. The number of aliphatic hydroxyl groups excluding tert-OH is 3. The van der Waals surface area contributed by atoms with Crippen molar-refractivity contribution in [1.82, 2.24) is 0 Å². The number of unbranched alkanes of at least 4 members (excludes halogenated alkanes) is 5. The standard InChI is InChI=1S/C19H36O5/c1-3-4-7-12-17(21)18(22)14-13-16(20)11-9-6-5-8-10-15(2)19(23)24/h13-18,20-22H,3-12H2,1-2H3,(H,23,24)/b14-13+. The molecular formula is C19H36O5. The molecule has 5 heteroatoms. The number of hydrogen-bond acceptors (Lipinski definition) is 4. The van der Waals surface area contributed by atoms with Gasteiger partial charge in [-0.1, -0.05) is 70.9 Å². The van der Waals surface area contributed by atoms with Crippen molar-refractivity contribution in [1.29, 1.82) is 0 Å². The molecule has 24 heavy (non-hydrogen) atoms. The lowest BCUT2D eigenvalue weighted by molar-refractivity contribution is -0.141. The second-order valence-electron chi connectivity index (χ2n) is 6.74. The highest BCUT2D eigenvalue weighted by molar-refractivity contribution is 5.69. The third-order valence-electron chi connectivity index (χ3n) is 4.34. The Morgan fingerprint density at radius 3 is 2.04 bits per heavy atom. The van der Waals surface area contributed by atoms with Crippen molar-refractivity contribution in [3.05, 3.63) is 12.2 Å². The minimum atomic E-state index is -0.922. The summed E-state index contributed by atoms with van der Waals surface area (Å²) in [6.07, 6.45) is 9.31. The first-order valence-corrected chi connectivity index (χ1v) is 9.33. The molecule has 0 aliphatic carbocycles. The molecule has 0 amide bonds. The van der Waals surface area contributed by atoms with E-state index in [1.165, 1.54) is 6.08 Å². The summed E-state index contributed by atoms with van der Waals surface area (Å²) >= 11 is 0. The van der Waals surface area contributed by atoms with Crippen LogP contribution in [0, 0.1) is 5.92 Å².